The molecular formula is C19H18ClN7. The van der Waals surface area contributed by atoms with Gasteiger partial charge in [0.25, 0.3) is 0 Å². The predicted octanol–water partition coefficient (Wildman–Crippen LogP) is 3.26. The lowest BCUT2D eigenvalue weighted by molar-refractivity contribution is 0.638. The van der Waals surface area contributed by atoms with E-state index in [0.29, 0.717) is 18.1 Å². The third-order valence-electron chi connectivity index (χ3n) is 4.98. The zero-order chi connectivity index (χ0) is 18.5. The summed E-state index contributed by atoms with van der Waals surface area (Å²) in [6.45, 7) is 5.32. The first-order valence-corrected chi connectivity index (χ1v) is 9.28. The number of hydrogen-bond acceptors (Lipinski definition) is 4. The van der Waals surface area contributed by atoms with E-state index in [1.807, 2.05) is 48.5 Å². The van der Waals surface area contributed by atoms with Gasteiger partial charge in [0.15, 0.2) is 11.6 Å². The summed E-state index contributed by atoms with van der Waals surface area (Å²) in [4.78, 5) is 13.7. The quantitative estimate of drug-likeness (QED) is 0.482. The molecule has 0 radical (unpaired) electrons. The number of benzene rings is 1. The summed E-state index contributed by atoms with van der Waals surface area (Å²) in [5, 5.41) is 5.46. The number of imidazole rings is 2. The molecule has 4 heterocycles. The summed E-state index contributed by atoms with van der Waals surface area (Å²) in [5.41, 5.74) is 4.07. The molecule has 1 aliphatic rings. The van der Waals surface area contributed by atoms with Crippen molar-refractivity contribution in [1.29, 1.82) is 0 Å². The highest BCUT2D eigenvalue weighted by Crippen LogP contribution is 2.33. The Bertz CT molecular complexity index is 1150. The van der Waals surface area contributed by atoms with E-state index in [0.717, 1.165) is 46.5 Å². The van der Waals surface area contributed by atoms with E-state index in [4.69, 9.17) is 21.7 Å². The van der Waals surface area contributed by atoms with Gasteiger partial charge in [-0.25, -0.2) is 19.6 Å². The molecular weight excluding hydrogens is 362 g/mol. The average Bonchev–Trinajstić information content (AvgIpc) is 3.34. The van der Waals surface area contributed by atoms with Crippen LogP contribution in [0.1, 0.15) is 30.0 Å². The van der Waals surface area contributed by atoms with E-state index in [1.165, 1.54) is 0 Å². The lowest BCUT2D eigenvalue weighted by Gasteiger charge is -2.08. The topological polar surface area (TPSA) is 66.3 Å². The number of aromatic nitrogens is 7. The Morgan fingerprint density at radius 2 is 2.11 bits per heavy atom. The van der Waals surface area contributed by atoms with Crippen LogP contribution in [0.25, 0.3) is 17.1 Å². The second-order valence-corrected chi connectivity index (χ2v) is 7.08. The molecule has 8 heteroatoms. The van der Waals surface area contributed by atoms with E-state index in [-0.39, 0.29) is 0 Å². The maximum atomic E-state index is 6.30. The molecule has 4 aromatic rings. The van der Waals surface area contributed by atoms with E-state index in [2.05, 4.69) is 26.0 Å². The summed E-state index contributed by atoms with van der Waals surface area (Å²) < 4.78 is 6.13. The summed E-state index contributed by atoms with van der Waals surface area (Å²) in [7, 11) is 0. The first kappa shape index (κ1) is 16.3. The van der Waals surface area contributed by atoms with Crippen molar-refractivity contribution in [2.75, 3.05) is 0 Å². The van der Waals surface area contributed by atoms with Crippen molar-refractivity contribution in [2.24, 2.45) is 0 Å². The highest BCUT2D eigenvalue weighted by molar-refractivity contribution is 6.31. The van der Waals surface area contributed by atoms with Gasteiger partial charge < -0.3 is 9.13 Å². The van der Waals surface area contributed by atoms with Gasteiger partial charge in [-0.05, 0) is 25.1 Å². The second kappa shape index (κ2) is 6.06. The third kappa shape index (κ3) is 2.57. The Morgan fingerprint density at radius 3 is 2.96 bits per heavy atom. The lowest BCUT2D eigenvalue weighted by atomic mass is 10.1. The molecule has 0 saturated heterocycles. The van der Waals surface area contributed by atoms with Crippen molar-refractivity contribution >= 4 is 11.6 Å². The SMILES string of the molecule is CCc1nccn1Cc1nc2n(n1)Cc1c(C)ncn1-c1ccc(Cl)cc1-2. The number of rotatable bonds is 3. The van der Waals surface area contributed by atoms with Crippen LogP contribution in [0.3, 0.4) is 0 Å². The molecule has 0 saturated carbocycles. The molecule has 0 bridgehead atoms. The molecule has 0 aliphatic carbocycles. The van der Waals surface area contributed by atoms with Crippen molar-refractivity contribution < 1.29 is 0 Å². The Morgan fingerprint density at radius 1 is 1.22 bits per heavy atom. The third-order valence-corrected chi connectivity index (χ3v) is 5.21. The zero-order valence-corrected chi connectivity index (χ0v) is 15.8. The van der Waals surface area contributed by atoms with Gasteiger partial charge in [0, 0.05) is 29.4 Å². The van der Waals surface area contributed by atoms with Gasteiger partial charge in [0.1, 0.15) is 5.82 Å². The number of hydrogen-bond donors (Lipinski definition) is 0. The monoisotopic (exact) mass is 379 g/mol. The maximum Gasteiger partial charge on any atom is 0.171 e. The minimum Gasteiger partial charge on any atom is -0.327 e. The van der Waals surface area contributed by atoms with Gasteiger partial charge in [0.05, 0.1) is 36.5 Å². The van der Waals surface area contributed by atoms with Crippen LogP contribution in [-0.4, -0.2) is 33.9 Å². The van der Waals surface area contributed by atoms with Crippen molar-refractivity contribution in [3.8, 4) is 17.1 Å². The molecule has 0 atom stereocenters. The van der Waals surface area contributed by atoms with Gasteiger partial charge in [-0.2, -0.15) is 5.10 Å². The Hall–Kier alpha value is -2.93. The fourth-order valence-electron chi connectivity index (χ4n) is 3.62. The van der Waals surface area contributed by atoms with Crippen LogP contribution in [0.4, 0.5) is 0 Å². The molecule has 0 fully saturated rings. The van der Waals surface area contributed by atoms with Crippen molar-refractivity contribution in [2.45, 2.75) is 33.4 Å². The highest BCUT2D eigenvalue weighted by atomic mass is 35.5. The molecule has 0 unspecified atom stereocenters. The minimum absolute atomic E-state index is 0.595. The standard InChI is InChI=1S/C19H18ClN7/c1-3-18-21-6-7-25(18)10-17-23-19-14-8-13(20)4-5-15(14)26-11-22-12(2)16(26)9-27(19)24-17/h4-8,11H,3,9-10H2,1-2H3. The zero-order valence-electron chi connectivity index (χ0n) is 15.1. The van der Waals surface area contributed by atoms with Gasteiger partial charge in [-0.15, -0.1) is 0 Å². The summed E-state index contributed by atoms with van der Waals surface area (Å²) in [6, 6.07) is 5.85. The van der Waals surface area contributed by atoms with Crippen molar-refractivity contribution in [1.82, 2.24) is 33.9 Å². The molecule has 1 aromatic carbocycles. The lowest BCUT2D eigenvalue weighted by Crippen LogP contribution is -2.08. The first-order chi connectivity index (χ1) is 13.1. The fourth-order valence-corrected chi connectivity index (χ4v) is 3.79. The van der Waals surface area contributed by atoms with Crippen LogP contribution in [0.15, 0.2) is 36.9 Å². The number of halogens is 1. The van der Waals surface area contributed by atoms with E-state index in [1.54, 1.807) is 0 Å². The van der Waals surface area contributed by atoms with Crippen LogP contribution < -0.4 is 0 Å². The summed E-state index contributed by atoms with van der Waals surface area (Å²) in [6.07, 6.45) is 6.51. The molecule has 27 heavy (non-hydrogen) atoms. The van der Waals surface area contributed by atoms with E-state index in [9.17, 15) is 0 Å². The Labute approximate surface area is 161 Å². The van der Waals surface area contributed by atoms with E-state index < -0.39 is 0 Å². The molecule has 0 amide bonds. The highest BCUT2D eigenvalue weighted by Gasteiger charge is 2.24. The summed E-state index contributed by atoms with van der Waals surface area (Å²) in [5.74, 6) is 2.61. The molecule has 5 rings (SSSR count). The second-order valence-electron chi connectivity index (χ2n) is 6.64. The van der Waals surface area contributed by atoms with Crippen LogP contribution >= 0.6 is 11.6 Å². The number of fused-ring (bicyclic) bond motifs is 5. The molecule has 0 spiro atoms. The largest absolute Gasteiger partial charge is 0.327 e. The molecule has 0 N–H and O–H groups in total. The van der Waals surface area contributed by atoms with Crippen LogP contribution in [0, 0.1) is 6.92 Å². The molecule has 3 aromatic heterocycles. The Balaban J connectivity index is 1.66. The maximum absolute atomic E-state index is 6.30. The van der Waals surface area contributed by atoms with Gasteiger partial charge in [-0.1, -0.05) is 18.5 Å². The molecule has 136 valence electrons. The van der Waals surface area contributed by atoms with Crippen LogP contribution in [0.2, 0.25) is 5.02 Å². The average molecular weight is 380 g/mol. The van der Waals surface area contributed by atoms with Gasteiger partial charge in [-0.3, -0.25) is 0 Å². The van der Waals surface area contributed by atoms with Gasteiger partial charge >= 0.3 is 0 Å². The van der Waals surface area contributed by atoms with Crippen molar-refractivity contribution in [3.63, 3.8) is 0 Å². The Kier molecular flexibility index (Phi) is 3.65. The normalized spacial score (nSPS) is 12.4. The minimum atomic E-state index is 0.595. The van der Waals surface area contributed by atoms with Crippen LogP contribution in [-0.2, 0) is 19.5 Å². The number of aryl methyl sites for hydroxylation is 2. The van der Waals surface area contributed by atoms with Crippen molar-refractivity contribution in [3.05, 3.63) is 65.0 Å². The smallest absolute Gasteiger partial charge is 0.171 e. The first-order valence-electron chi connectivity index (χ1n) is 8.91. The molecule has 1 aliphatic heterocycles. The fraction of sp³-hybridized carbons (Fsp3) is 0.263. The van der Waals surface area contributed by atoms with E-state index >= 15 is 0 Å². The van der Waals surface area contributed by atoms with Crippen LogP contribution in [0.5, 0.6) is 0 Å². The predicted molar refractivity (Wildman–Crippen MR) is 102 cm³/mol. The van der Waals surface area contributed by atoms with Gasteiger partial charge in [0.2, 0.25) is 0 Å². The molecule has 7 nitrogen and oxygen atoms in total. The number of nitrogens with zero attached hydrogens (tertiary/aromatic N) is 7. The summed E-state index contributed by atoms with van der Waals surface area (Å²) >= 11 is 6.30.